The summed E-state index contributed by atoms with van der Waals surface area (Å²) in [5, 5.41) is 9.87. The van der Waals surface area contributed by atoms with Gasteiger partial charge in [0.2, 0.25) is 0 Å². The van der Waals surface area contributed by atoms with Gasteiger partial charge in [-0.3, -0.25) is 0 Å². The molecule has 2 rings (SSSR count). The fraction of sp³-hybridized carbons (Fsp3) is 0.429. The summed E-state index contributed by atoms with van der Waals surface area (Å²) in [6.45, 7) is 7.62. The number of rotatable bonds is 3. The SMILES string of the molecule is C=C(C)C1Cc2c(ccc(OC)c2C(C)O)O1. The lowest BCUT2D eigenvalue weighted by Crippen LogP contribution is -2.13. The lowest BCUT2D eigenvalue weighted by atomic mass is 9.97. The Kier molecular flexibility index (Phi) is 3.11. The standard InChI is InChI=1S/C14H18O3/c1-8(2)13-7-10-11(17-13)5-6-12(16-4)14(10)9(3)15/h5-6,9,13,15H,1,7H2,2-4H3. The van der Waals surface area contributed by atoms with Gasteiger partial charge in [-0.05, 0) is 31.6 Å². The molecule has 0 saturated carbocycles. The first-order chi connectivity index (χ1) is 8.04. The van der Waals surface area contributed by atoms with Gasteiger partial charge < -0.3 is 14.6 Å². The zero-order valence-electron chi connectivity index (χ0n) is 10.5. The van der Waals surface area contributed by atoms with Crippen LogP contribution < -0.4 is 9.47 Å². The highest BCUT2D eigenvalue weighted by molar-refractivity contribution is 5.52. The van der Waals surface area contributed by atoms with Gasteiger partial charge in [0, 0.05) is 17.5 Å². The van der Waals surface area contributed by atoms with Gasteiger partial charge in [0.15, 0.2) is 0 Å². The van der Waals surface area contributed by atoms with Crippen LogP contribution in [0.2, 0.25) is 0 Å². The quantitative estimate of drug-likeness (QED) is 0.817. The van der Waals surface area contributed by atoms with Crippen molar-refractivity contribution in [2.45, 2.75) is 32.5 Å². The summed E-state index contributed by atoms with van der Waals surface area (Å²) < 4.78 is 11.1. The first kappa shape index (κ1) is 12.0. The highest BCUT2D eigenvalue weighted by Crippen LogP contribution is 2.40. The smallest absolute Gasteiger partial charge is 0.125 e. The fourth-order valence-electron chi connectivity index (χ4n) is 2.24. The minimum absolute atomic E-state index is 0.00889. The molecule has 0 radical (unpaired) electrons. The third-order valence-corrected chi connectivity index (χ3v) is 3.12. The Bertz CT molecular complexity index is 449. The van der Waals surface area contributed by atoms with Gasteiger partial charge in [0.05, 0.1) is 13.2 Å². The molecule has 2 unspecified atom stereocenters. The number of hydrogen-bond donors (Lipinski definition) is 1. The van der Waals surface area contributed by atoms with E-state index in [9.17, 15) is 5.11 Å². The van der Waals surface area contributed by atoms with Crippen LogP contribution in [0.3, 0.4) is 0 Å². The average Bonchev–Trinajstić information content (AvgIpc) is 2.70. The molecule has 3 nitrogen and oxygen atoms in total. The molecule has 0 spiro atoms. The van der Waals surface area contributed by atoms with E-state index in [2.05, 4.69) is 6.58 Å². The summed E-state index contributed by atoms with van der Waals surface area (Å²) in [6.07, 6.45) is 0.198. The third kappa shape index (κ3) is 2.03. The maximum absolute atomic E-state index is 9.87. The molecule has 0 saturated heterocycles. The summed E-state index contributed by atoms with van der Waals surface area (Å²) in [7, 11) is 1.61. The number of aliphatic hydroxyl groups is 1. The van der Waals surface area contributed by atoms with E-state index >= 15 is 0 Å². The molecule has 17 heavy (non-hydrogen) atoms. The molecule has 0 bridgehead atoms. The summed E-state index contributed by atoms with van der Waals surface area (Å²) >= 11 is 0. The van der Waals surface area contributed by atoms with Crippen molar-refractivity contribution < 1.29 is 14.6 Å². The third-order valence-electron chi connectivity index (χ3n) is 3.12. The maximum atomic E-state index is 9.87. The van der Waals surface area contributed by atoms with Gasteiger partial charge in [-0.1, -0.05) is 6.58 Å². The molecule has 92 valence electrons. The largest absolute Gasteiger partial charge is 0.496 e. The summed E-state index contributed by atoms with van der Waals surface area (Å²) in [5.41, 5.74) is 2.86. The van der Waals surface area contributed by atoms with Crippen molar-refractivity contribution in [2.24, 2.45) is 0 Å². The normalized spacial score (nSPS) is 19.4. The average molecular weight is 234 g/mol. The van der Waals surface area contributed by atoms with Crippen LogP contribution in [-0.2, 0) is 6.42 Å². The van der Waals surface area contributed by atoms with Gasteiger partial charge >= 0.3 is 0 Å². The Balaban J connectivity index is 2.47. The van der Waals surface area contributed by atoms with Gasteiger partial charge in [-0.15, -0.1) is 0 Å². The second-order valence-corrected chi connectivity index (χ2v) is 4.49. The predicted octanol–water partition coefficient (Wildman–Crippen LogP) is 2.63. The van der Waals surface area contributed by atoms with E-state index in [1.54, 1.807) is 14.0 Å². The van der Waals surface area contributed by atoms with E-state index in [1.165, 1.54) is 0 Å². The molecule has 1 heterocycles. The predicted molar refractivity (Wildman–Crippen MR) is 66.6 cm³/mol. The van der Waals surface area contributed by atoms with Crippen LogP contribution in [-0.4, -0.2) is 18.3 Å². The number of benzene rings is 1. The second kappa shape index (κ2) is 4.41. The molecule has 0 fully saturated rings. The summed E-state index contributed by atoms with van der Waals surface area (Å²) in [6, 6.07) is 3.73. The number of hydrogen-bond acceptors (Lipinski definition) is 3. The second-order valence-electron chi connectivity index (χ2n) is 4.49. The lowest BCUT2D eigenvalue weighted by Gasteiger charge is -2.14. The molecule has 2 atom stereocenters. The Labute approximate surface area is 102 Å². The number of methoxy groups -OCH3 is 1. The maximum Gasteiger partial charge on any atom is 0.125 e. The van der Waals surface area contributed by atoms with Crippen LogP contribution >= 0.6 is 0 Å². The Morgan fingerprint density at radius 2 is 2.29 bits per heavy atom. The molecule has 0 amide bonds. The van der Waals surface area contributed by atoms with Gasteiger partial charge in [0.1, 0.15) is 17.6 Å². The zero-order chi connectivity index (χ0) is 12.6. The van der Waals surface area contributed by atoms with Crippen molar-refractivity contribution in [1.82, 2.24) is 0 Å². The number of aliphatic hydroxyl groups excluding tert-OH is 1. The van der Waals surface area contributed by atoms with Crippen LogP contribution in [0, 0.1) is 0 Å². The monoisotopic (exact) mass is 234 g/mol. The Morgan fingerprint density at radius 3 is 2.82 bits per heavy atom. The van der Waals surface area contributed by atoms with Crippen molar-refractivity contribution in [2.75, 3.05) is 7.11 Å². The van der Waals surface area contributed by atoms with E-state index in [0.29, 0.717) is 5.75 Å². The molecule has 1 aromatic carbocycles. The van der Waals surface area contributed by atoms with Crippen molar-refractivity contribution in [3.8, 4) is 11.5 Å². The van der Waals surface area contributed by atoms with E-state index in [0.717, 1.165) is 28.9 Å². The van der Waals surface area contributed by atoms with Crippen LogP contribution in [0.5, 0.6) is 11.5 Å². The summed E-state index contributed by atoms with van der Waals surface area (Å²) in [5.74, 6) is 1.54. The molecular formula is C14H18O3. The highest BCUT2D eigenvalue weighted by Gasteiger charge is 2.29. The molecule has 0 aliphatic carbocycles. The fourth-order valence-corrected chi connectivity index (χ4v) is 2.24. The molecule has 1 aliphatic heterocycles. The van der Waals surface area contributed by atoms with E-state index in [1.807, 2.05) is 19.1 Å². The highest BCUT2D eigenvalue weighted by atomic mass is 16.5. The van der Waals surface area contributed by atoms with Gasteiger partial charge in [0.25, 0.3) is 0 Å². The Morgan fingerprint density at radius 1 is 1.59 bits per heavy atom. The van der Waals surface area contributed by atoms with Crippen LogP contribution in [0.1, 0.15) is 31.1 Å². The van der Waals surface area contributed by atoms with E-state index in [4.69, 9.17) is 9.47 Å². The molecule has 0 aromatic heterocycles. The van der Waals surface area contributed by atoms with E-state index in [-0.39, 0.29) is 6.10 Å². The number of ether oxygens (including phenoxy) is 2. The van der Waals surface area contributed by atoms with Gasteiger partial charge in [-0.2, -0.15) is 0 Å². The minimum atomic E-state index is -0.563. The molecule has 1 aliphatic rings. The van der Waals surface area contributed by atoms with Gasteiger partial charge in [-0.25, -0.2) is 0 Å². The van der Waals surface area contributed by atoms with Crippen molar-refractivity contribution in [3.05, 3.63) is 35.4 Å². The Hall–Kier alpha value is -1.48. The van der Waals surface area contributed by atoms with Crippen LogP contribution in [0.15, 0.2) is 24.3 Å². The van der Waals surface area contributed by atoms with Crippen molar-refractivity contribution in [1.29, 1.82) is 0 Å². The molecular weight excluding hydrogens is 216 g/mol. The van der Waals surface area contributed by atoms with Crippen molar-refractivity contribution in [3.63, 3.8) is 0 Å². The van der Waals surface area contributed by atoms with Crippen LogP contribution in [0.25, 0.3) is 0 Å². The van der Waals surface area contributed by atoms with E-state index < -0.39 is 6.10 Å². The molecule has 1 aromatic rings. The molecule has 3 heteroatoms. The first-order valence-corrected chi connectivity index (χ1v) is 5.74. The summed E-state index contributed by atoms with van der Waals surface area (Å²) in [4.78, 5) is 0. The lowest BCUT2D eigenvalue weighted by molar-refractivity contribution is 0.193. The molecule has 1 N–H and O–H groups in total. The zero-order valence-corrected chi connectivity index (χ0v) is 10.5. The van der Waals surface area contributed by atoms with Crippen molar-refractivity contribution >= 4 is 0 Å². The first-order valence-electron chi connectivity index (χ1n) is 5.74. The topological polar surface area (TPSA) is 38.7 Å². The number of fused-ring (bicyclic) bond motifs is 1. The van der Waals surface area contributed by atoms with Crippen LogP contribution in [0.4, 0.5) is 0 Å². The minimum Gasteiger partial charge on any atom is -0.496 e.